The van der Waals surface area contributed by atoms with Crippen molar-refractivity contribution in [3.8, 4) is 11.5 Å². The van der Waals surface area contributed by atoms with E-state index in [9.17, 15) is 0 Å². The van der Waals surface area contributed by atoms with Crippen molar-refractivity contribution in [3.05, 3.63) is 53.4 Å². The molecule has 2 heterocycles. The molecule has 0 spiro atoms. The van der Waals surface area contributed by atoms with Crippen LogP contribution in [0.5, 0.6) is 11.5 Å². The minimum atomic E-state index is 0.403. The van der Waals surface area contributed by atoms with Crippen molar-refractivity contribution in [2.24, 2.45) is 10.7 Å². The first-order chi connectivity index (χ1) is 12.8. The molecule has 5 nitrogen and oxygen atoms in total. The van der Waals surface area contributed by atoms with Gasteiger partial charge in [0.1, 0.15) is 0 Å². The molecule has 3 N–H and O–H groups in total. The fourth-order valence-electron chi connectivity index (χ4n) is 2.88. The Balaban J connectivity index is 1.36. The summed E-state index contributed by atoms with van der Waals surface area (Å²) in [6, 6.07) is 16.4. The van der Waals surface area contributed by atoms with Gasteiger partial charge in [0, 0.05) is 40.7 Å². The first kappa shape index (κ1) is 16.7. The molecule has 3 aromatic rings. The van der Waals surface area contributed by atoms with E-state index in [2.05, 4.69) is 40.6 Å². The fraction of sp³-hybridized carbons (Fsp3) is 0.250. The van der Waals surface area contributed by atoms with E-state index in [1.54, 1.807) is 0 Å². The molecule has 26 heavy (non-hydrogen) atoms. The van der Waals surface area contributed by atoms with Crippen LogP contribution in [0.1, 0.15) is 11.3 Å². The van der Waals surface area contributed by atoms with E-state index >= 15 is 0 Å². The highest BCUT2D eigenvalue weighted by atomic mass is 32.1. The summed E-state index contributed by atoms with van der Waals surface area (Å²) in [4.78, 5) is 5.75. The number of hydrogen-bond donors (Lipinski definition) is 2. The number of anilines is 1. The maximum Gasteiger partial charge on any atom is 0.193 e. The first-order valence-electron chi connectivity index (χ1n) is 8.72. The molecule has 134 valence electrons. The number of rotatable bonds is 4. The average molecular weight is 367 g/mol. The Labute approximate surface area is 156 Å². The monoisotopic (exact) mass is 367 g/mol. The van der Waals surface area contributed by atoms with Crippen LogP contribution in [0.4, 0.5) is 5.69 Å². The highest BCUT2D eigenvalue weighted by molar-refractivity contribution is 7.19. The fourth-order valence-corrected chi connectivity index (χ4v) is 3.93. The van der Waals surface area contributed by atoms with Crippen LogP contribution in [-0.2, 0) is 6.42 Å². The van der Waals surface area contributed by atoms with E-state index in [1.807, 2.05) is 29.5 Å². The lowest BCUT2D eigenvalue weighted by molar-refractivity contribution is 0.297. The second-order valence-corrected chi connectivity index (χ2v) is 7.27. The number of benzene rings is 2. The summed E-state index contributed by atoms with van der Waals surface area (Å²) in [5.41, 5.74) is 6.87. The van der Waals surface area contributed by atoms with E-state index in [0.717, 1.165) is 30.0 Å². The number of aliphatic imine (C=N–C) groups is 1. The standard InChI is InChI=1S/C20H21N3O2S/c21-20(22-9-8-16-12-14-4-1-2-5-19(14)26-16)23-15-6-7-17-18(13-15)25-11-3-10-24-17/h1-2,4-7,12-13H,3,8-11H2,(H3,21,22,23). The van der Waals surface area contributed by atoms with E-state index in [-0.39, 0.29) is 0 Å². The summed E-state index contributed by atoms with van der Waals surface area (Å²) < 4.78 is 12.6. The third kappa shape index (κ3) is 3.91. The molecule has 0 unspecified atom stereocenters. The first-order valence-corrected chi connectivity index (χ1v) is 9.54. The number of fused-ring (bicyclic) bond motifs is 2. The molecule has 0 amide bonds. The minimum absolute atomic E-state index is 0.403. The maximum atomic E-state index is 6.02. The van der Waals surface area contributed by atoms with Gasteiger partial charge in [-0.25, -0.2) is 0 Å². The van der Waals surface area contributed by atoms with Crippen molar-refractivity contribution in [2.45, 2.75) is 12.8 Å². The van der Waals surface area contributed by atoms with Crippen molar-refractivity contribution in [1.82, 2.24) is 0 Å². The number of guanidine groups is 1. The van der Waals surface area contributed by atoms with Crippen LogP contribution in [0, 0.1) is 0 Å². The molecule has 0 saturated carbocycles. The van der Waals surface area contributed by atoms with Crippen LogP contribution in [0.15, 0.2) is 53.5 Å². The number of nitrogens with two attached hydrogens (primary N) is 1. The molecular formula is C20H21N3O2S. The molecular weight excluding hydrogens is 346 g/mol. The molecule has 4 rings (SSSR count). The summed E-state index contributed by atoms with van der Waals surface area (Å²) in [5, 5.41) is 4.41. The third-order valence-electron chi connectivity index (χ3n) is 4.14. The minimum Gasteiger partial charge on any atom is -0.490 e. The summed E-state index contributed by atoms with van der Waals surface area (Å²) in [6.45, 7) is 1.99. The molecule has 0 bridgehead atoms. The van der Waals surface area contributed by atoms with Gasteiger partial charge in [-0.3, -0.25) is 4.99 Å². The van der Waals surface area contributed by atoms with Crippen LogP contribution in [-0.4, -0.2) is 25.7 Å². The Morgan fingerprint density at radius 3 is 2.81 bits per heavy atom. The Morgan fingerprint density at radius 2 is 1.92 bits per heavy atom. The van der Waals surface area contributed by atoms with Crippen LogP contribution < -0.4 is 20.5 Å². The summed E-state index contributed by atoms with van der Waals surface area (Å²) in [5.74, 6) is 1.92. The largest absolute Gasteiger partial charge is 0.490 e. The Hall–Kier alpha value is -2.73. The summed E-state index contributed by atoms with van der Waals surface area (Å²) in [6.07, 6.45) is 1.77. The van der Waals surface area contributed by atoms with Gasteiger partial charge in [-0.2, -0.15) is 0 Å². The summed E-state index contributed by atoms with van der Waals surface area (Å²) >= 11 is 1.81. The van der Waals surface area contributed by atoms with Crippen molar-refractivity contribution >= 4 is 33.1 Å². The van der Waals surface area contributed by atoms with E-state index in [0.29, 0.717) is 25.7 Å². The van der Waals surface area contributed by atoms with E-state index in [1.165, 1.54) is 15.0 Å². The second kappa shape index (κ2) is 7.66. The van der Waals surface area contributed by atoms with Gasteiger partial charge in [0.05, 0.1) is 13.2 Å². The lowest BCUT2D eigenvalue weighted by Crippen LogP contribution is -2.23. The predicted octanol–water partition coefficient (Wildman–Crippen LogP) is 4.03. The van der Waals surface area contributed by atoms with Gasteiger partial charge in [-0.1, -0.05) is 18.2 Å². The lowest BCUT2D eigenvalue weighted by atomic mass is 10.2. The topological polar surface area (TPSA) is 68.9 Å². The smallest absolute Gasteiger partial charge is 0.193 e. The number of thiophene rings is 1. The molecule has 1 aromatic heterocycles. The molecule has 0 saturated heterocycles. The van der Waals surface area contributed by atoms with Gasteiger partial charge < -0.3 is 20.5 Å². The van der Waals surface area contributed by atoms with Crippen molar-refractivity contribution in [3.63, 3.8) is 0 Å². The van der Waals surface area contributed by atoms with Crippen molar-refractivity contribution in [2.75, 3.05) is 25.1 Å². The van der Waals surface area contributed by atoms with Crippen LogP contribution >= 0.6 is 11.3 Å². The van der Waals surface area contributed by atoms with Crippen LogP contribution in [0.25, 0.3) is 10.1 Å². The zero-order valence-electron chi connectivity index (χ0n) is 14.4. The number of ether oxygens (including phenoxy) is 2. The molecule has 0 aliphatic carbocycles. The zero-order chi connectivity index (χ0) is 17.8. The third-order valence-corrected chi connectivity index (χ3v) is 5.31. The van der Waals surface area contributed by atoms with Crippen molar-refractivity contribution < 1.29 is 9.47 Å². The molecule has 1 aliphatic heterocycles. The summed E-state index contributed by atoms with van der Waals surface area (Å²) in [7, 11) is 0. The van der Waals surface area contributed by atoms with E-state index in [4.69, 9.17) is 15.2 Å². The van der Waals surface area contributed by atoms with Crippen LogP contribution in [0.3, 0.4) is 0 Å². The molecule has 1 aliphatic rings. The predicted molar refractivity (Wildman–Crippen MR) is 108 cm³/mol. The number of hydrogen-bond acceptors (Lipinski definition) is 4. The van der Waals surface area contributed by atoms with Crippen LogP contribution in [0.2, 0.25) is 0 Å². The van der Waals surface area contributed by atoms with Gasteiger partial charge in [0.25, 0.3) is 0 Å². The van der Waals surface area contributed by atoms with Crippen molar-refractivity contribution in [1.29, 1.82) is 0 Å². The Morgan fingerprint density at radius 1 is 1.08 bits per heavy atom. The molecule has 0 radical (unpaired) electrons. The SMILES string of the molecule is NC(=NCCc1cc2ccccc2s1)Nc1ccc2c(c1)OCCCO2. The van der Waals surface area contributed by atoms with Gasteiger partial charge in [0.2, 0.25) is 0 Å². The van der Waals surface area contributed by atoms with Gasteiger partial charge in [-0.05, 0) is 29.7 Å². The Kier molecular flexibility index (Phi) is 4.93. The quantitative estimate of drug-likeness (QED) is 0.540. The molecule has 0 atom stereocenters. The van der Waals surface area contributed by atoms with Gasteiger partial charge in [0.15, 0.2) is 17.5 Å². The van der Waals surface area contributed by atoms with E-state index < -0.39 is 0 Å². The molecule has 2 aromatic carbocycles. The number of nitrogens with zero attached hydrogens (tertiary/aromatic N) is 1. The number of nitrogens with one attached hydrogen (secondary N) is 1. The maximum absolute atomic E-state index is 6.02. The zero-order valence-corrected chi connectivity index (χ0v) is 15.2. The van der Waals surface area contributed by atoms with Gasteiger partial charge >= 0.3 is 0 Å². The molecule has 6 heteroatoms. The average Bonchev–Trinajstić information content (AvgIpc) is 2.91. The highest BCUT2D eigenvalue weighted by Crippen LogP contribution is 2.32. The van der Waals surface area contributed by atoms with Gasteiger partial charge in [-0.15, -0.1) is 11.3 Å². The highest BCUT2D eigenvalue weighted by Gasteiger charge is 2.10. The normalized spacial score (nSPS) is 14.2. The molecule has 0 fully saturated rings. The second-order valence-electron chi connectivity index (χ2n) is 6.10. The Bertz CT molecular complexity index is 903. The lowest BCUT2D eigenvalue weighted by Gasteiger charge is -2.10.